The van der Waals surface area contributed by atoms with Gasteiger partial charge in [0.15, 0.2) is 11.6 Å². The summed E-state index contributed by atoms with van der Waals surface area (Å²) in [7, 11) is 1.41. The van der Waals surface area contributed by atoms with Gasteiger partial charge in [-0.25, -0.2) is 14.2 Å². The summed E-state index contributed by atoms with van der Waals surface area (Å²) in [5.74, 6) is -0.634. The molecule has 2 aliphatic heterocycles. The fraction of sp³-hybridized carbons (Fsp3) is 0.250. The molecule has 140 valence electrons. The van der Waals surface area contributed by atoms with Crippen LogP contribution in [0.15, 0.2) is 54.9 Å². The number of ether oxygens (including phenoxy) is 1. The van der Waals surface area contributed by atoms with E-state index in [1.165, 1.54) is 25.3 Å². The molecule has 2 heterocycles. The molecule has 2 aromatic carbocycles. The molecule has 2 unspecified atom stereocenters. The number of nitrogens with one attached hydrogen (secondary N) is 1. The Bertz CT molecular complexity index is 885. The standard InChI is InChI=1S/C20H19F2N3O2/c1-27-19-7-2-13(10-16(19)22)12-24-8-9-25-18(20(24)26)11-17(23-25)14-3-5-15(21)6-4-14/h2-10,17-18,23H,11-12H2,1H3. The minimum absolute atomic E-state index is 0.0640. The highest BCUT2D eigenvalue weighted by Gasteiger charge is 2.39. The molecule has 2 atom stereocenters. The first kappa shape index (κ1) is 17.5. The van der Waals surface area contributed by atoms with E-state index in [0.29, 0.717) is 12.0 Å². The normalized spacial score (nSPS) is 21.5. The SMILES string of the molecule is COc1ccc(CN2C=CN3NC(c4ccc(F)cc4)CC3C2=O)cc1F. The zero-order valence-electron chi connectivity index (χ0n) is 14.7. The Kier molecular flexibility index (Phi) is 4.53. The van der Waals surface area contributed by atoms with E-state index in [0.717, 1.165) is 5.56 Å². The summed E-state index contributed by atoms with van der Waals surface area (Å²) in [4.78, 5) is 14.4. The fourth-order valence-corrected chi connectivity index (χ4v) is 3.48. The van der Waals surface area contributed by atoms with Crippen molar-refractivity contribution >= 4 is 5.91 Å². The fourth-order valence-electron chi connectivity index (χ4n) is 3.48. The number of hydrogen-bond acceptors (Lipinski definition) is 4. The number of rotatable bonds is 4. The van der Waals surface area contributed by atoms with E-state index < -0.39 is 5.82 Å². The number of carbonyl (C=O) groups is 1. The Labute approximate surface area is 155 Å². The quantitative estimate of drug-likeness (QED) is 0.897. The maximum Gasteiger partial charge on any atom is 0.251 e. The molecule has 5 nitrogen and oxygen atoms in total. The van der Waals surface area contributed by atoms with Crippen molar-refractivity contribution in [2.75, 3.05) is 7.11 Å². The first-order valence-corrected chi connectivity index (χ1v) is 8.66. The minimum Gasteiger partial charge on any atom is -0.494 e. The zero-order chi connectivity index (χ0) is 19.0. The molecule has 0 saturated carbocycles. The van der Waals surface area contributed by atoms with Gasteiger partial charge in [-0.15, -0.1) is 0 Å². The van der Waals surface area contributed by atoms with Gasteiger partial charge in [-0.05, 0) is 41.8 Å². The van der Waals surface area contributed by atoms with E-state index in [1.54, 1.807) is 46.6 Å². The monoisotopic (exact) mass is 371 g/mol. The topological polar surface area (TPSA) is 44.8 Å². The van der Waals surface area contributed by atoms with Crippen LogP contribution < -0.4 is 10.2 Å². The molecule has 0 aromatic heterocycles. The lowest BCUT2D eigenvalue weighted by Crippen LogP contribution is -2.47. The van der Waals surface area contributed by atoms with Crippen LogP contribution in [-0.4, -0.2) is 29.0 Å². The number of hydrazine groups is 1. The van der Waals surface area contributed by atoms with Gasteiger partial charge in [0, 0.05) is 12.4 Å². The van der Waals surface area contributed by atoms with Crippen molar-refractivity contribution in [2.45, 2.75) is 25.0 Å². The van der Waals surface area contributed by atoms with E-state index in [2.05, 4.69) is 5.43 Å². The molecule has 2 aliphatic rings. The average Bonchev–Trinajstić information content (AvgIpc) is 3.10. The van der Waals surface area contributed by atoms with Gasteiger partial charge >= 0.3 is 0 Å². The summed E-state index contributed by atoms with van der Waals surface area (Å²) >= 11 is 0. The largest absolute Gasteiger partial charge is 0.494 e. The van der Waals surface area contributed by atoms with Gasteiger partial charge < -0.3 is 14.6 Å². The van der Waals surface area contributed by atoms with Gasteiger partial charge in [0.1, 0.15) is 11.9 Å². The zero-order valence-corrected chi connectivity index (χ0v) is 14.7. The van der Waals surface area contributed by atoms with Crippen LogP contribution in [0.3, 0.4) is 0 Å². The smallest absolute Gasteiger partial charge is 0.251 e. The van der Waals surface area contributed by atoms with Crippen LogP contribution in [0, 0.1) is 11.6 Å². The Morgan fingerprint density at radius 2 is 1.93 bits per heavy atom. The Hall–Kier alpha value is -2.93. The molecular weight excluding hydrogens is 352 g/mol. The summed E-state index contributed by atoms with van der Waals surface area (Å²) in [6.45, 7) is 0.280. The second-order valence-corrected chi connectivity index (χ2v) is 6.63. The predicted molar refractivity (Wildman–Crippen MR) is 95.2 cm³/mol. The van der Waals surface area contributed by atoms with E-state index in [-0.39, 0.29) is 36.1 Å². The van der Waals surface area contributed by atoms with E-state index >= 15 is 0 Å². The number of nitrogens with zero attached hydrogens (tertiary/aromatic N) is 2. The number of benzene rings is 2. The summed E-state index contributed by atoms with van der Waals surface area (Å²) < 4.78 is 31.9. The number of amides is 1. The molecule has 0 aliphatic carbocycles. The molecule has 0 radical (unpaired) electrons. The Morgan fingerprint density at radius 1 is 1.15 bits per heavy atom. The van der Waals surface area contributed by atoms with Gasteiger partial charge in [0.05, 0.1) is 19.7 Å². The molecule has 7 heteroatoms. The van der Waals surface area contributed by atoms with Gasteiger partial charge in [-0.3, -0.25) is 4.79 Å². The average molecular weight is 371 g/mol. The van der Waals surface area contributed by atoms with Crippen molar-refractivity contribution in [3.05, 3.63) is 77.6 Å². The maximum atomic E-state index is 13.9. The Balaban J connectivity index is 1.47. The molecule has 27 heavy (non-hydrogen) atoms. The molecule has 1 amide bonds. The van der Waals surface area contributed by atoms with Crippen molar-refractivity contribution < 1.29 is 18.3 Å². The lowest BCUT2D eigenvalue weighted by atomic mass is 10.0. The van der Waals surface area contributed by atoms with E-state index in [1.807, 2.05) is 0 Å². The molecule has 4 rings (SSSR count). The molecular formula is C20H19F2N3O2. The molecule has 1 fully saturated rings. The lowest BCUT2D eigenvalue weighted by molar-refractivity contribution is -0.134. The van der Waals surface area contributed by atoms with Crippen LogP contribution >= 0.6 is 0 Å². The third kappa shape index (κ3) is 3.38. The Morgan fingerprint density at radius 3 is 2.63 bits per heavy atom. The third-order valence-corrected chi connectivity index (χ3v) is 4.92. The van der Waals surface area contributed by atoms with Crippen molar-refractivity contribution in [1.29, 1.82) is 0 Å². The maximum absolute atomic E-state index is 13.9. The summed E-state index contributed by atoms with van der Waals surface area (Å²) in [5.41, 5.74) is 4.88. The number of carbonyl (C=O) groups excluding carboxylic acids is 1. The van der Waals surface area contributed by atoms with Crippen molar-refractivity contribution in [3.8, 4) is 5.75 Å². The highest BCUT2D eigenvalue weighted by Crippen LogP contribution is 2.31. The third-order valence-electron chi connectivity index (χ3n) is 4.92. The molecule has 0 spiro atoms. The predicted octanol–water partition coefficient (Wildman–Crippen LogP) is 3.11. The minimum atomic E-state index is -0.455. The van der Waals surface area contributed by atoms with Crippen molar-refractivity contribution in [1.82, 2.24) is 15.3 Å². The summed E-state index contributed by atoms with van der Waals surface area (Å²) in [6, 6.07) is 10.5. The van der Waals surface area contributed by atoms with Gasteiger partial charge in [-0.1, -0.05) is 18.2 Å². The first-order chi connectivity index (χ1) is 13.0. The second kappa shape index (κ2) is 7.00. The number of hydrogen-bond donors (Lipinski definition) is 1. The molecule has 2 aromatic rings. The highest BCUT2D eigenvalue weighted by atomic mass is 19.1. The van der Waals surface area contributed by atoms with Crippen LogP contribution in [0.4, 0.5) is 8.78 Å². The second-order valence-electron chi connectivity index (χ2n) is 6.63. The molecule has 0 bridgehead atoms. The molecule has 1 N–H and O–H groups in total. The molecule has 1 saturated heterocycles. The van der Waals surface area contributed by atoms with Crippen LogP contribution in [0.5, 0.6) is 5.75 Å². The van der Waals surface area contributed by atoms with Crippen LogP contribution in [0.25, 0.3) is 0 Å². The van der Waals surface area contributed by atoms with Crippen LogP contribution in [-0.2, 0) is 11.3 Å². The number of methoxy groups -OCH3 is 1. The van der Waals surface area contributed by atoms with E-state index in [9.17, 15) is 13.6 Å². The van der Waals surface area contributed by atoms with Gasteiger partial charge in [0.25, 0.3) is 5.91 Å². The first-order valence-electron chi connectivity index (χ1n) is 8.66. The van der Waals surface area contributed by atoms with Crippen molar-refractivity contribution in [3.63, 3.8) is 0 Å². The summed E-state index contributed by atoms with van der Waals surface area (Å²) in [6.07, 6.45) is 4.05. The summed E-state index contributed by atoms with van der Waals surface area (Å²) in [5, 5.41) is 1.78. The van der Waals surface area contributed by atoms with Crippen LogP contribution in [0.1, 0.15) is 23.6 Å². The highest BCUT2D eigenvalue weighted by molar-refractivity contribution is 5.84. The van der Waals surface area contributed by atoms with Crippen molar-refractivity contribution in [2.24, 2.45) is 0 Å². The van der Waals surface area contributed by atoms with E-state index in [4.69, 9.17) is 4.74 Å². The number of fused-ring (bicyclic) bond motifs is 1. The van der Waals surface area contributed by atoms with Crippen LogP contribution in [0.2, 0.25) is 0 Å². The number of halogens is 2. The van der Waals surface area contributed by atoms with Gasteiger partial charge in [-0.2, -0.15) is 0 Å². The lowest BCUT2D eigenvalue weighted by Gasteiger charge is -2.31. The van der Waals surface area contributed by atoms with Gasteiger partial charge in [0.2, 0.25) is 0 Å².